The Morgan fingerprint density at radius 1 is 1.22 bits per heavy atom. The molecule has 6 nitrogen and oxygen atoms in total. The molecule has 1 saturated heterocycles. The Bertz CT molecular complexity index is 915. The Balaban J connectivity index is 1.50. The highest BCUT2D eigenvalue weighted by Crippen LogP contribution is 2.52. The van der Waals surface area contributed by atoms with Crippen molar-refractivity contribution < 1.29 is 27.5 Å². The number of benzene rings is 1. The van der Waals surface area contributed by atoms with Crippen LogP contribution in [0.3, 0.4) is 0 Å². The third-order valence-electron chi connectivity index (χ3n) is 6.20. The van der Waals surface area contributed by atoms with Crippen LogP contribution in [0.25, 0.3) is 0 Å². The van der Waals surface area contributed by atoms with Crippen LogP contribution in [0.5, 0.6) is 0 Å². The molecule has 2 amide bonds. The van der Waals surface area contributed by atoms with E-state index in [2.05, 4.69) is 5.32 Å². The average Bonchev–Trinajstić information content (AvgIpc) is 2.68. The van der Waals surface area contributed by atoms with Crippen molar-refractivity contribution in [3.05, 3.63) is 34.9 Å². The van der Waals surface area contributed by atoms with Gasteiger partial charge in [0.2, 0.25) is 5.91 Å². The van der Waals surface area contributed by atoms with Gasteiger partial charge in [-0.3, -0.25) is 4.79 Å². The van der Waals surface area contributed by atoms with Crippen molar-refractivity contribution in [2.24, 2.45) is 11.3 Å². The van der Waals surface area contributed by atoms with Gasteiger partial charge in [0, 0.05) is 25.6 Å². The number of nitrogens with zero attached hydrogens (tertiary/aromatic N) is 2. The fraction of sp³-hybridized carbons (Fsp3) is 0.609. The molecule has 0 radical (unpaired) electrons. The van der Waals surface area contributed by atoms with Crippen molar-refractivity contribution in [1.29, 1.82) is 5.26 Å². The second kappa shape index (κ2) is 8.64. The summed E-state index contributed by atoms with van der Waals surface area (Å²) in [5, 5.41) is 11.5. The monoisotopic (exact) mass is 451 g/mol. The number of nitrogens with one attached hydrogen (secondary N) is 1. The number of ether oxygens (including phenoxy) is 1. The number of rotatable bonds is 3. The van der Waals surface area contributed by atoms with E-state index < -0.39 is 17.3 Å². The molecular formula is C23H28F3N3O3. The zero-order valence-corrected chi connectivity index (χ0v) is 18.5. The maximum atomic E-state index is 13.3. The van der Waals surface area contributed by atoms with Crippen molar-refractivity contribution in [1.82, 2.24) is 10.2 Å². The first-order valence-corrected chi connectivity index (χ1v) is 10.7. The van der Waals surface area contributed by atoms with Gasteiger partial charge in [-0.25, -0.2) is 4.79 Å². The number of hydrogen-bond acceptors (Lipinski definition) is 4. The van der Waals surface area contributed by atoms with Gasteiger partial charge in [0.05, 0.1) is 17.2 Å². The molecule has 0 bridgehead atoms. The van der Waals surface area contributed by atoms with Gasteiger partial charge in [-0.2, -0.15) is 18.4 Å². The molecule has 1 saturated carbocycles. The second-order valence-electron chi connectivity index (χ2n) is 9.77. The number of halogens is 3. The Morgan fingerprint density at radius 3 is 2.38 bits per heavy atom. The summed E-state index contributed by atoms with van der Waals surface area (Å²) < 4.78 is 45.3. The van der Waals surface area contributed by atoms with Gasteiger partial charge >= 0.3 is 12.3 Å². The Labute approximate surface area is 185 Å². The van der Waals surface area contributed by atoms with Gasteiger partial charge in [-0.15, -0.1) is 0 Å². The normalized spacial score (nSPS) is 18.6. The number of nitriles is 1. The number of piperidine rings is 1. The number of alkyl halides is 3. The fourth-order valence-electron chi connectivity index (χ4n) is 4.46. The molecule has 1 aromatic rings. The minimum absolute atomic E-state index is 0.00604. The lowest BCUT2D eigenvalue weighted by molar-refractivity contribution is -0.139. The lowest BCUT2D eigenvalue weighted by atomic mass is 9.57. The molecule has 1 N–H and O–H groups in total. The highest BCUT2D eigenvalue weighted by atomic mass is 19.4. The Kier molecular flexibility index (Phi) is 6.45. The summed E-state index contributed by atoms with van der Waals surface area (Å²) in [5.74, 6) is -0.501. The SMILES string of the molecule is CC(C)(C)OC(=O)N1CCC2(CC1)CC(C(=O)NCc1ccc(C#N)cc1C(F)(F)F)C2. The predicted octanol–water partition coefficient (Wildman–Crippen LogP) is 4.62. The minimum atomic E-state index is -4.60. The quantitative estimate of drug-likeness (QED) is 0.727. The molecule has 1 aliphatic heterocycles. The first-order valence-electron chi connectivity index (χ1n) is 10.7. The summed E-state index contributed by atoms with van der Waals surface area (Å²) >= 11 is 0. The molecule has 174 valence electrons. The summed E-state index contributed by atoms with van der Waals surface area (Å²) in [5.41, 5.74) is -1.59. The highest BCUT2D eigenvalue weighted by Gasteiger charge is 2.49. The van der Waals surface area contributed by atoms with Crippen LogP contribution in [-0.2, 0) is 22.3 Å². The van der Waals surface area contributed by atoms with Crippen LogP contribution >= 0.6 is 0 Å². The summed E-state index contributed by atoms with van der Waals surface area (Å²) in [4.78, 5) is 26.4. The molecule has 1 spiro atoms. The van der Waals surface area contributed by atoms with Crippen molar-refractivity contribution in [2.45, 2.75) is 64.8 Å². The largest absolute Gasteiger partial charge is 0.444 e. The van der Waals surface area contributed by atoms with E-state index in [1.807, 2.05) is 20.8 Å². The molecule has 2 aliphatic rings. The number of carbonyl (C=O) groups is 2. The van der Waals surface area contributed by atoms with E-state index in [1.54, 1.807) is 11.0 Å². The zero-order chi connectivity index (χ0) is 23.7. The summed E-state index contributed by atoms with van der Waals surface area (Å²) in [7, 11) is 0. The topological polar surface area (TPSA) is 82.4 Å². The lowest BCUT2D eigenvalue weighted by Gasteiger charge is -2.51. The van der Waals surface area contributed by atoms with Crippen LogP contribution in [0.1, 0.15) is 63.1 Å². The molecule has 0 unspecified atom stereocenters. The summed E-state index contributed by atoms with van der Waals surface area (Å²) in [6.07, 6.45) is -2.03. The van der Waals surface area contributed by atoms with Crippen LogP contribution in [0.15, 0.2) is 18.2 Å². The maximum Gasteiger partial charge on any atom is 0.416 e. The van der Waals surface area contributed by atoms with Crippen LogP contribution in [0.2, 0.25) is 0 Å². The summed E-state index contributed by atoms with van der Waals surface area (Å²) in [6.45, 7) is 6.37. The standard InChI is InChI=1S/C23H28F3N3O3/c1-21(2,3)32-20(31)29-8-6-22(7-9-29)11-17(12-22)19(30)28-14-16-5-4-15(13-27)10-18(16)23(24,25)26/h4-5,10,17H,6-9,11-12,14H2,1-3H3,(H,28,30). The van der Waals surface area contributed by atoms with Gasteiger partial charge in [0.15, 0.2) is 0 Å². The molecular weight excluding hydrogens is 423 g/mol. The van der Waals surface area contributed by atoms with Gasteiger partial charge in [0.25, 0.3) is 0 Å². The average molecular weight is 451 g/mol. The zero-order valence-electron chi connectivity index (χ0n) is 18.5. The van der Waals surface area contributed by atoms with E-state index in [4.69, 9.17) is 10.00 Å². The van der Waals surface area contributed by atoms with Gasteiger partial charge < -0.3 is 15.0 Å². The number of hydrogen-bond donors (Lipinski definition) is 1. The first-order chi connectivity index (χ1) is 14.8. The second-order valence-corrected chi connectivity index (χ2v) is 9.77. The predicted molar refractivity (Wildman–Crippen MR) is 110 cm³/mol. The molecule has 9 heteroatoms. The van der Waals surface area contributed by atoms with Crippen molar-refractivity contribution in [2.75, 3.05) is 13.1 Å². The van der Waals surface area contributed by atoms with E-state index in [0.717, 1.165) is 18.9 Å². The Hall–Kier alpha value is -2.76. The molecule has 0 aromatic heterocycles. The smallest absolute Gasteiger partial charge is 0.416 e. The van der Waals surface area contributed by atoms with E-state index in [0.29, 0.717) is 25.9 Å². The van der Waals surface area contributed by atoms with Crippen molar-refractivity contribution in [3.8, 4) is 6.07 Å². The van der Waals surface area contributed by atoms with Crippen LogP contribution in [-0.4, -0.2) is 35.6 Å². The molecule has 1 aromatic carbocycles. The highest BCUT2D eigenvalue weighted by molar-refractivity contribution is 5.80. The molecule has 2 fully saturated rings. The molecule has 1 aliphatic carbocycles. The number of likely N-dealkylation sites (tertiary alicyclic amines) is 1. The maximum absolute atomic E-state index is 13.3. The number of amides is 2. The van der Waals surface area contributed by atoms with E-state index in [9.17, 15) is 22.8 Å². The van der Waals surface area contributed by atoms with Crippen LogP contribution in [0, 0.1) is 22.7 Å². The third kappa shape index (κ3) is 5.53. The molecule has 1 heterocycles. The fourth-order valence-corrected chi connectivity index (χ4v) is 4.46. The van der Waals surface area contributed by atoms with Gasteiger partial charge in [0.1, 0.15) is 5.60 Å². The first kappa shape index (κ1) is 23.9. The van der Waals surface area contributed by atoms with Crippen LogP contribution in [0.4, 0.5) is 18.0 Å². The Morgan fingerprint density at radius 2 is 1.84 bits per heavy atom. The van der Waals surface area contributed by atoms with Gasteiger partial charge in [-0.1, -0.05) is 6.07 Å². The van der Waals surface area contributed by atoms with Crippen molar-refractivity contribution in [3.63, 3.8) is 0 Å². The van der Waals surface area contributed by atoms with E-state index >= 15 is 0 Å². The van der Waals surface area contributed by atoms with Gasteiger partial charge in [-0.05, 0) is 69.6 Å². The lowest BCUT2D eigenvalue weighted by Crippen LogP contribution is -2.52. The van der Waals surface area contributed by atoms with Crippen LogP contribution < -0.4 is 5.32 Å². The molecule has 0 atom stereocenters. The molecule has 3 rings (SSSR count). The van der Waals surface area contributed by atoms with Crippen molar-refractivity contribution >= 4 is 12.0 Å². The molecule has 32 heavy (non-hydrogen) atoms. The third-order valence-corrected chi connectivity index (χ3v) is 6.20. The van der Waals surface area contributed by atoms with E-state index in [1.165, 1.54) is 12.1 Å². The summed E-state index contributed by atoms with van der Waals surface area (Å²) in [6, 6.07) is 5.05. The number of carbonyl (C=O) groups excluding carboxylic acids is 2. The van der Waals surface area contributed by atoms with E-state index in [-0.39, 0.29) is 41.0 Å². The minimum Gasteiger partial charge on any atom is -0.444 e.